The first-order chi connectivity index (χ1) is 22.2. The molecule has 4 amide bonds. The second-order valence-electron chi connectivity index (χ2n) is 13.7. The zero-order valence-corrected chi connectivity index (χ0v) is 28.0. The Morgan fingerprint density at radius 3 is 1.11 bits per heavy atom. The normalized spacial score (nSPS) is 11.4. The Hall–Kier alpha value is -5.24. The third kappa shape index (κ3) is 10.4. The minimum absolute atomic E-state index is 0.00194. The van der Waals surface area contributed by atoms with Crippen LogP contribution < -0.4 is 21.3 Å². The van der Waals surface area contributed by atoms with Crippen LogP contribution in [-0.4, -0.2) is 23.6 Å². The van der Waals surface area contributed by atoms with Crippen molar-refractivity contribution in [3.05, 3.63) is 119 Å². The van der Waals surface area contributed by atoms with Crippen LogP contribution in [0, 0.1) is 0 Å². The highest BCUT2D eigenvalue weighted by Gasteiger charge is 2.16. The molecule has 0 unspecified atom stereocenters. The number of carbonyl (C=O) groups is 4. The number of benzene rings is 4. The van der Waals surface area contributed by atoms with Crippen LogP contribution in [0.4, 0.5) is 22.7 Å². The second kappa shape index (κ2) is 14.9. The standard InChI is InChI=1S/C39H44N4O4/c1-38(2,3)28-20-16-26(17-21-28)36(46)42-32-12-7-10-30(24-32)40-34(44)14-9-15-35(45)41-31-11-8-13-33(25-31)43-37(47)27-18-22-29(23-19-27)39(4,5)6/h7-8,10-13,16-25H,9,14-15H2,1-6H3,(H,40,44)(H,41,45)(H,42,46)(H,43,47). The lowest BCUT2D eigenvalue weighted by atomic mass is 9.86. The summed E-state index contributed by atoms with van der Waals surface area (Å²) in [5.41, 5.74) is 5.58. The van der Waals surface area contributed by atoms with Gasteiger partial charge in [-0.2, -0.15) is 0 Å². The Morgan fingerprint density at radius 2 is 0.787 bits per heavy atom. The predicted molar refractivity (Wildman–Crippen MR) is 190 cm³/mol. The van der Waals surface area contributed by atoms with E-state index in [0.29, 0.717) is 40.3 Å². The fourth-order valence-electron chi connectivity index (χ4n) is 4.86. The van der Waals surface area contributed by atoms with E-state index in [2.05, 4.69) is 62.8 Å². The van der Waals surface area contributed by atoms with E-state index in [0.717, 1.165) is 11.1 Å². The molecule has 4 aromatic carbocycles. The third-order valence-corrected chi connectivity index (χ3v) is 7.64. The lowest BCUT2D eigenvalue weighted by Gasteiger charge is -2.19. The van der Waals surface area contributed by atoms with Crippen molar-refractivity contribution < 1.29 is 19.2 Å². The molecule has 4 N–H and O–H groups in total. The number of hydrogen-bond donors (Lipinski definition) is 4. The lowest BCUT2D eigenvalue weighted by Crippen LogP contribution is -2.16. The molecule has 0 aliphatic rings. The molecule has 0 saturated carbocycles. The largest absolute Gasteiger partial charge is 0.326 e. The van der Waals surface area contributed by atoms with Crippen LogP contribution in [0.3, 0.4) is 0 Å². The maximum Gasteiger partial charge on any atom is 0.255 e. The molecule has 0 heterocycles. The number of anilines is 4. The van der Waals surface area contributed by atoms with Crippen LogP contribution in [0.25, 0.3) is 0 Å². The van der Waals surface area contributed by atoms with Gasteiger partial charge in [-0.25, -0.2) is 0 Å². The summed E-state index contributed by atoms with van der Waals surface area (Å²) in [7, 11) is 0. The van der Waals surface area contributed by atoms with E-state index in [1.165, 1.54) is 0 Å². The highest BCUT2D eigenvalue weighted by atomic mass is 16.2. The molecule has 0 aliphatic carbocycles. The number of rotatable bonds is 10. The highest BCUT2D eigenvalue weighted by molar-refractivity contribution is 6.05. The molecule has 0 aromatic heterocycles. The molecule has 0 bridgehead atoms. The van der Waals surface area contributed by atoms with Gasteiger partial charge >= 0.3 is 0 Å². The molecule has 4 aromatic rings. The van der Waals surface area contributed by atoms with Crippen molar-refractivity contribution in [1.82, 2.24) is 0 Å². The van der Waals surface area contributed by atoms with Crippen molar-refractivity contribution in [2.24, 2.45) is 0 Å². The maximum atomic E-state index is 12.8. The summed E-state index contributed by atoms with van der Waals surface area (Å²) in [4.78, 5) is 50.7. The zero-order valence-electron chi connectivity index (χ0n) is 28.0. The monoisotopic (exact) mass is 632 g/mol. The highest BCUT2D eigenvalue weighted by Crippen LogP contribution is 2.24. The quantitative estimate of drug-likeness (QED) is 0.140. The average molecular weight is 633 g/mol. The molecular formula is C39H44N4O4. The first kappa shape index (κ1) is 34.6. The number of carbonyl (C=O) groups excluding carboxylic acids is 4. The van der Waals surface area contributed by atoms with E-state index < -0.39 is 0 Å². The van der Waals surface area contributed by atoms with Crippen LogP contribution in [0.15, 0.2) is 97.1 Å². The van der Waals surface area contributed by atoms with Crippen molar-refractivity contribution in [2.45, 2.75) is 71.6 Å². The Morgan fingerprint density at radius 1 is 0.468 bits per heavy atom. The van der Waals surface area contributed by atoms with E-state index >= 15 is 0 Å². The summed E-state index contributed by atoms with van der Waals surface area (Å²) in [5.74, 6) is -0.948. The Labute approximate surface area is 277 Å². The topological polar surface area (TPSA) is 116 Å². The minimum atomic E-state index is -0.237. The molecule has 47 heavy (non-hydrogen) atoms. The Balaban J connectivity index is 1.21. The maximum absolute atomic E-state index is 12.8. The average Bonchev–Trinajstić information content (AvgIpc) is 3.00. The summed E-state index contributed by atoms with van der Waals surface area (Å²) in [6, 6.07) is 28.9. The molecule has 8 heteroatoms. The zero-order chi connectivity index (χ0) is 34.2. The smallest absolute Gasteiger partial charge is 0.255 e. The van der Waals surface area contributed by atoms with Crippen LogP contribution in [0.5, 0.6) is 0 Å². The molecule has 244 valence electrons. The van der Waals surface area contributed by atoms with Gasteiger partial charge in [0, 0.05) is 46.7 Å². The first-order valence-electron chi connectivity index (χ1n) is 15.8. The van der Waals surface area contributed by atoms with Crippen molar-refractivity contribution in [3.63, 3.8) is 0 Å². The van der Waals surface area contributed by atoms with Gasteiger partial charge in [-0.05, 0) is 89.0 Å². The molecule has 0 radical (unpaired) electrons. The van der Waals surface area contributed by atoms with E-state index in [-0.39, 0.29) is 47.3 Å². The molecule has 4 rings (SSSR count). The van der Waals surface area contributed by atoms with Gasteiger partial charge < -0.3 is 21.3 Å². The van der Waals surface area contributed by atoms with Gasteiger partial charge in [-0.1, -0.05) is 77.9 Å². The third-order valence-electron chi connectivity index (χ3n) is 7.64. The van der Waals surface area contributed by atoms with E-state index in [4.69, 9.17) is 0 Å². The predicted octanol–water partition coefficient (Wildman–Crippen LogP) is 8.53. The van der Waals surface area contributed by atoms with Crippen molar-refractivity contribution in [2.75, 3.05) is 21.3 Å². The van der Waals surface area contributed by atoms with Crippen molar-refractivity contribution in [1.29, 1.82) is 0 Å². The van der Waals surface area contributed by atoms with Gasteiger partial charge in [0.05, 0.1) is 0 Å². The molecule has 0 saturated heterocycles. The summed E-state index contributed by atoms with van der Waals surface area (Å²) in [5, 5.41) is 11.4. The van der Waals surface area contributed by atoms with Gasteiger partial charge in [0.1, 0.15) is 0 Å². The van der Waals surface area contributed by atoms with Gasteiger partial charge in [0.25, 0.3) is 11.8 Å². The van der Waals surface area contributed by atoms with Gasteiger partial charge in [0.2, 0.25) is 11.8 Å². The fraction of sp³-hybridized carbons (Fsp3) is 0.282. The van der Waals surface area contributed by atoms with E-state index in [1.807, 2.05) is 24.3 Å². The van der Waals surface area contributed by atoms with Crippen molar-refractivity contribution >= 4 is 46.4 Å². The second-order valence-corrected chi connectivity index (χ2v) is 13.7. The molecule has 0 fully saturated rings. The minimum Gasteiger partial charge on any atom is -0.326 e. The van der Waals surface area contributed by atoms with Crippen LogP contribution in [-0.2, 0) is 20.4 Å². The number of hydrogen-bond acceptors (Lipinski definition) is 4. The van der Waals surface area contributed by atoms with Crippen LogP contribution in [0.1, 0.15) is 92.6 Å². The Kier molecular flexibility index (Phi) is 11.0. The summed E-state index contributed by atoms with van der Waals surface area (Å²) >= 11 is 0. The molecule has 0 aliphatic heterocycles. The van der Waals surface area contributed by atoms with Crippen LogP contribution >= 0.6 is 0 Å². The SMILES string of the molecule is CC(C)(C)c1ccc(C(=O)Nc2cccc(NC(=O)CCCC(=O)Nc3cccc(NC(=O)c4ccc(C(C)(C)C)cc4)c3)c2)cc1. The molecule has 0 spiro atoms. The fourth-order valence-corrected chi connectivity index (χ4v) is 4.86. The molecule has 0 atom stereocenters. The first-order valence-corrected chi connectivity index (χ1v) is 15.8. The molecular weight excluding hydrogens is 588 g/mol. The summed E-state index contributed by atoms with van der Waals surface area (Å²) in [6.45, 7) is 12.7. The lowest BCUT2D eigenvalue weighted by molar-refractivity contribution is -0.117. The molecule has 8 nitrogen and oxygen atoms in total. The van der Waals surface area contributed by atoms with E-state index in [9.17, 15) is 19.2 Å². The Bertz CT molecular complexity index is 1600. The van der Waals surface area contributed by atoms with Crippen LogP contribution in [0.2, 0.25) is 0 Å². The van der Waals surface area contributed by atoms with Gasteiger partial charge in [-0.15, -0.1) is 0 Å². The number of nitrogens with one attached hydrogen (secondary N) is 4. The van der Waals surface area contributed by atoms with E-state index in [1.54, 1.807) is 72.8 Å². The number of amides is 4. The summed E-state index contributed by atoms with van der Waals surface area (Å²) < 4.78 is 0. The van der Waals surface area contributed by atoms with Gasteiger partial charge in [-0.3, -0.25) is 19.2 Å². The van der Waals surface area contributed by atoms with Crippen molar-refractivity contribution in [3.8, 4) is 0 Å². The summed E-state index contributed by atoms with van der Waals surface area (Å²) in [6.07, 6.45) is 0.641. The van der Waals surface area contributed by atoms with Gasteiger partial charge in [0.15, 0.2) is 0 Å².